The highest BCUT2D eigenvalue weighted by Crippen LogP contribution is 2.34. The van der Waals surface area contributed by atoms with Crippen LogP contribution in [0.2, 0.25) is 0 Å². The van der Waals surface area contributed by atoms with Gasteiger partial charge in [0.15, 0.2) is 5.16 Å². The third-order valence-corrected chi connectivity index (χ3v) is 5.95. The van der Waals surface area contributed by atoms with Crippen LogP contribution in [0.1, 0.15) is 29.7 Å². The molecule has 0 fully saturated rings. The number of nitrogens with zero attached hydrogens (tertiary/aromatic N) is 1. The quantitative estimate of drug-likeness (QED) is 0.554. The Labute approximate surface area is 138 Å². The number of aliphatic carboxylic acids is 2. The number of aromatic nitrogens is 2. The van der Waals surface area contributed by atoms with Crippen molar-refractivity contribution in [1.82, 2.24) is 9.97 Å². The van der Waals surface area contributed by atoms with Crippen LogP contribution < -0.4 is 5.56 Å². The number of aryl methyl sites for hydroxylation is 2. The minimum atomic E-state index is -1.24. The standard InChI is InChI=1S/C14H14N2O5S2/c17-9(18)5-8(13(20)21)23-14-15-11(19)10-6-3-1-2-4-7(6)22-12(10)16-14/h8H,1-5H2,(H,17,18)(H,20,21)(H,15,16,19). The Morgan fingerprint density at radius 1 is 1.30 bits per heavy atom. The van der Waals surface area contributed by atoms with Gasteiger partial charge >= 0.3 is 11.9 Å². The summed E-state index contributed by atoms with van der Waals surface area (Å²) in [7, 11) is 0. The van der Waals surface area contributed by atoms with Crippen LogP contribution in [0, 0.1) is 0 Å². The fraction of sp³-hybridized carbons (Fsp3) is 0.429. The predicted molar refractivity (Wildman–Crippen MR) is 86.4 cm³/mol. The van der Waals surface area contributed by atoms with Crippen LogP contribution in [0.4, 0.5) is 0 Å². The number of carboxylic acids is 2. The number of thioether (sulfide) groups is 1. The normalized spacial score (nSPS) is 15.3. The Balaban J connectivity index is 1.98. The average Bonchev–Trinajstić information content (AvgIpc) is 2.84. The molecule has 0 radical (unpaired) electrons. The number of nitrogens with one attached hydrogen (secondary N) is 1. The lowest BCUT2D eigenvalue weighted by Crippen LogP contribution is -2.21. The molecule has 1 aliphatic rings. The van der Waals surface area contributed by atoms with Crippen molar-refractivity contribution in [3.63, 3.8) is 0 Å². The van der Waals surface area contributed by atoms with E-state index in [1.165, 1.54) is 16.2 Å². The van der Waals surface area contributed by atoms with Crippen molar-refractivity contribution in [1.29, 1.82) is 0 Å². The lowest BCUT2D eigenvalue weighted by molar-refractivity contribution is -0.142. The zero-order valence-corrected chi connectivity index (χ0v) is 13.6. The van der Waals surface area contributed by atoms with Gasteiger partial charge in [0, 0.05) is 4.88 Å². The van der Waals surface area contributed by atoms with Crippen LogP contribution >= 0.6 is 23.1 Å². The molecule has 3 rings (SSSR count). The summed E-state index contributed by atoms with van der Waals surface area (Å²) >= 11 is 2.23. The van der Waals surface area contributed by atoms with Gasteiger partial charge < -0.3 is 15.2 Å². The van der Waals surface area contributed by atoms with Gasteiger partial charge in [-0.15, -0.1) is 11.3 Å². The molecule has 0 aliphatic heterocycles. The summed E-state index contributed by atoms with van der Waals surface area (Å²) in [5, 5.41) is 17.4. The van der Waals surface area contributed by atoms with Gasteiger partial charge in [-0.1, -0.05) is 11.8 Å². The number of H-pyrrole nitrogens is 1. The van der Waals surface area contributed by atoms with Crippen LogP contribution in [0.3, 0.4) is 0 Å². The molecule has 2 aromatic rings. The van der Waals surface area contributed by atoms with Gasteiger partial charge in [0.05, 0.1) is 11.8 Å². The maximum atomic E-state index is 12.3. The van der Waals surface area contributed by atoms with Gasteiger partial charge in [0.2, 0.25) is 0 Å². The van der Waals surface area contributed by atoms with E-state index in [1.807, 2.05) is 0 Å². The Hall–Kier alpha value is -1.87. The molecule has 0 bridgehead atoms. The summed E-state index contributed by atoms with van der Waals surface area (Å²) in [6, 6.07) is 0. The first-order valence-corrected chi connectivity index (χ1v) is 8.81. The molecular formula is C14H14N2O5S2. The van der Waals surface area contributed by atoms with Crippen LogP contribution in [-0.4, -0.2) is 37.4 Å². The fourth-order valence-corrected chi connectivity index (χ4v) is 4.88. The number of thiophene rings is 1. The van der Waals surface area contributed by atoms with Crippen molar-refractivity contribution in [2.75, 3.05) is 0 Å². The summed E-state index contributed by atoms with van der Waals surface area (Å²) in [6.45, 7) is 0. The molecule has 0 saturated heterocycles. The van der Waals surface area contributed by atoms with E-state index >= 15 is 0 Å². The maximum Gasteiger partial charge on any atom is 0.317 e. The van der Waals surface area contributed by atoms with E-state index < -0.39 is 23.6 Å². The number of hydrogen-bond donors (Lipinski definition) is 3. The van der Waals surface area contributed by atoms with E-state index in [2.05, 4.69) is 9.97 Å². The molecule has 9 heteroatoms. The molecule has 2 heterocycles. The number of carboxylic acid groups (broad SMARTS) is 2. The Morgan fingerprint density at radius 2 is 2.04 bits per heavy atom. The van der Waals surface area contributed by atoms with Crippen LogP contribution in [-0.2, 0) is 22.4 Å². The van der Waals surface area contributed by atoms with Crippen LogP contribution in [0.25, 0.3) is 10.2 Å². The van der Waals surface area contributed by atoms with E-state index in [0.29, 0.717) is 10.2 Å². The molecule has 0 aromatic carbocycles. The first kappa shape index (κ1) is 16.0. The van der Waals surface area contributed by atoms with E-state index in [0.717, 1.165) is 43.0 Å². The average molecular weight is 354 g/mol. The summed E-state index contributed by atoms with van der Waals surface area (Å²) in [4.78, 5) is 42.9. The summed E-state index contributed by atoms with van der Waals surface area (Å²) < 4.78 is 0. The third-order valence-electron chi connectivity index (χ3n) is 3.69. The van der Waals surface area contributed by atoms with Crippen molar-refractivity contribution >= 4 is 45.3 Å². The number of hydrogen-bond acceptors (Lipinski definition) is 6. The van der Waals surface area contributed by atoms with E-state index in [-0.39, 0.29) is 10.7 Å². The second kappa shape index (κ2) is 6.32. The zero-order chi connectivity index (χ0) is 16.6. The second-order valence-electron chi connectivity index (χ2n) is 5.30. The van der Waals surface area contributed by atoms with Crippen molar-refractivity contribution in [3.8, 4) is 0 Å². The molecule has 122 valence electrons. The van der Waals surface area contributed by atoms with E-state index in [9.17, 15) is 14.4 Å². The predicted octanol–water partition coefficient (Wildman–Crippen LogP) is 1.88. The maximum absolute atomic E-state index is 12.3. The lowest BCUT2D eigenvalue weighted by atomic mass is 9.97. The lowest BCUT2D eigenvalue weighted by Gasteiger charge is -2.10. The second-order valence-corrected chi connectivity index (χ2v) is 7.58. The van der Waals surface area contributed by atoms with Crippen LogP contribution in [0.5, 0.6) is 0 Å². The van der Waals surface area contributed by atoms with E-state index in [4.69, 9.17) is 10.2 Å². The fourth-order valence-electron chi connectivity index (χ4n) is 2.67. The summed E-state index contributed by atoms with van der Waals surface area (Å²) in [5.41, 5.74) is 0.776. The molecule has 2 aromatic heterocycles. The SMILES string of the molecule is O=C(O)CC(Sc1nc2sc3c(c2c(=O)[nH]1)CCCC3)C(=O)O. The molecule has 1 unspecified atom stereocenters. The highest BCUT2D eigenvalue weighted by Gasteiger charge is 2.25. The van der Waals surface area contributed by atoms with Crippen molar-refractivity contribution in [2.45, 2.75) is 42.5 Å². The highest BCUT2D eigenvalue weighted by molar-refractivity contribution is 8.00. The topological polar surface area (TPSA) is 120 Å². The molecule has 0 spiro atoms. The molecule has 7 nitrogen and oxygen atoms in total. The Kier molecular flexibility index (Phi) is 4.40. The number of carbonyl (C=O) groups is 2. The van der Waals surface area contributed by atoms with Gasteiger partial charge in [0.25, 0.3) is 5.56 Å². The first-order chi connectivity index (χ1) is 11.0. The molecule has 23 heavy (non-hydrogen) atoms. The smallest absolute Gasteiger partial charge is 0.317 e. The van der Waals surface area contributed by atoms with Crippen molar-refractivity contribution in [2.24, 2.45) is 0 Å². The van der Waals surface area contributed by atoms with Gasteiger partial charge in [-0.2, -0.15) is 0 Å². The van der Waals surface area contributed by atoms with E-state index in [1.54, 1.807) is 0 Å². The highest BCUT2D eigenvalue weighted by atomic mass is 32.2. The Morgan fingerprint density at radius 3 is 2.74 bits per heavy atom. The van der Waals surface area contributed by atoms with Gasteiger partial charge in [-0.05, 0) is 31.2 Å². The number of aromatic amines is 1. The Bertz CT molecular complexity index is 842. The number of fused-ring (bicyclic) bond motifs is 3. The molecule has 1 aliphatic carbocycles. The molecule has 1 atom stereocenters. The minimum Gasteiger partial charge on any atom is -0.481 e. The largest absolute Gasteiger partial charge is 0.481 e. The van der Waals surface area contributed by atoms with Gasteiger partial charge in [-0.25, -0.2) is 4.98 Å². The molecule has 0 amide bonds. The van der Waals surface area contributed by atoms with Crippen molar-refractivity contribution < 1.29 is 19.8 Å². The molecule has 0 saturated carbocycles. The third kappa shape index (κ3) is 3.25. The van der Waals surface area contributed by atoms with Crippen LogP contribution in [0.15, 0.2) is 9.95 Å². The molecule has 3 N–H and O–H groups in total. The van der Waals surface area contributed by atoms with Gasteiger partial charge in [0.1, 0.15) is 10.1 Å². The summed E-state index contributed by atoms with van der Waals surface area (Å²) in [6.07, 6.45) is 3.41. The number of rotatable bonds is 5. The first-order valence-electron chi connectivity index (χ1n) is 7.11. The van der Waals surface area contributed by atoms with Gasteiger partial charge in [-0.3, -0.25) is 14.4 Å². The van der Waals surface area contributed by atoms with Crippen molar-refractivity contribution in [3.05, 3.63) is 20.8 Å². The molecular weight excluding hydrogens is 340 g/mol. The zero-order valence-electron chi connectivity index (χ0n) is 12.0. The summed E-state index contributed by atoms with van der Waals surface area (Å²) in [5.74, 6) is -2.45. The monoisotopic (exact) mass is 354 g/mol. The minimum absolute atomic E-state index is 0.148.